The number of nitrogens with two attached hydrogens (primary N) is 1. The number of likely N-dealkylation sites (tertiary alicyclic amines) is 2. The van der Waals surface area contributed by atoms with Crippen molar-refractivity contribution in [1.82, 2.24) is 29.5 Å². The van der Waals surface area contributed by atoms with Gasteiger partial charge >= 0.3 is 0 Å². The summed E-state index contributed by atoms with van der Waals surface area (Å²) in [5.74, 6) is 3.50. The van der Waals surface area contributed by atoms with Gasteiger partial charge in [0.05, 0.1) is 19.9 Å². The van der Waals surface area contributed by atoms with Crippen molar-refractivity contribution >= 4 is 22.8 Å². The number of nitrogens with one attached hydrogen (secondary N) is 1. The Kier molecular flexibility index (Phi) is 6.56. The molecule has 0 unspecified atom stereocenters. The molecule has 5 rings (SSSR count). The number of fused-ring (bicyclic) bond motifs is 2. The molecule has 4 heterocycles. The third kappa shape index (κ3) is 4.67. The van der Waals surface area contributed by atoms with Gasteiger partial charge in [-0.1, -0.05) is 25.5 Å². The number of anilines is 2. The first-order valence-electron chi connectivity index (χ1n) is 12.3. The third-order valence-electron chi connectivity index (χ3n) is 7.15. The van der Waals surface area contributed by atoms with E-state index in [0.29, 0.717) is 6.54 Å². The van der Waals surface area contributed by atoms with Gasteiger partial charge in [-0.2, -0.15) is 10.1 Å². The molecule has 2 aliphatic heterocycles. The molecule has 9 heteroatoms. The lowest BCUT2D eigenvalue weighted by atomic mass is 10.0. The van der Waals surface area contributed by atoms with E-state index in [2.05, 4.69) is 62.4 Å². The Morgan fingerprint density at radius 1 is 1.12 bits per heavy atom. The van der Waals surface area contributed by atoms with Gasteiger partial charge in [0, 0.05) is 44.8 Å². The largest absolute Gasteiger partial charge is 0.496 e. The van der Waals surface area contributed by atoms with Crippen LogP contribution in [0.3, 0.4) is 0 Å². The van der Waals surface area contributed by atoms with E-state index in [4.69, 9.17) is 10.5 Å². The summed E-state index contributed by atoms with van der Waals surface area (Å²) in [5, 5.41) is 8.00. The smallest absolute Gasteiger partial charge is 0.222 e. The van der Waals surface area contributed by atoms with E-state index in [-0.39, 0.29) is 5.95 Å². The number of methoxy groups -OCH3 is 1. The number of hydrogen-bond acceptors (Lipinski definition) is 8. The van der Waals surface area contributed by atoms with Crippen LogP contribution in [-0.4, -0.2) is 76.4 Å². The van der Waals surface area contributed by atoms with Gasteiger partial charge < -0.3 is 20.7 Å². The molecule has 34 heavy (non-hydrogen) atoms. The van der Waals surface area contributed by atoms with E-state index >= 15 is 0 Å². The number of nitrogens with zero attached hydrogens (tertiary/aromatic N) is 6. The van der Waals surface area contributed by atoms with E-state index in [1.165, 1.54) is 31.7 Å². The first-order chi connectivity index (χ1) is 16.5. The summed E-state index contributed by atoms with van der Waals surface area (Å²) in [5.41, 5.74) is 9.91. The predicted octanol–water partition coefficient (Wildman–Crippen LogP) is 2.67. The van der Waals surface area contributed by atoms with Gasteiger partial charge in [-0.15, -0.1) is 0 Å². The Balaban J connectivity index is 1.33. The average Bonchev–Trinajstić information content (AvgIpc) is 3.47. The van der Waals surface area contributed by atoms with E-state index < -0.39 is 0 Å². The zero-order chi connectivity index (χ0) is 23.7. The molecule has 182 valence electrons. The van der Waals surface area contributed by atoms with Crippen molar-refractivity contribution in [1.29, 1.82) is 0 Å². The standard InChI is InChI=1S/C25H36N8O/c1-4-5-8-27-24-23-21(29-25(26)30-24)10-28-33(23)16-18-7-6-17(9-22(18)34-3)11-32-14-19-12-31(2)13-20(19)15-32/h6-7,9-10,19-20H,4-5,8,11-16H2,1-3H3,(H3,26,27,29,30)/t19-,20+. The Labute approximate surface area is 201 Å². The van der Waals surface area contributed by atoms with Gasteiger partial charge in [-0.25, -0.2) is 4.98 Å². The predicted molar refractivity (Wildman–Crippen MR) is 135 cm³/mol. The molecular weight excluding hydrogens is 428 g/mol. The minimum Gasteiger partial charge on any atom is -0.496 e. The molecule has 2 aliphatic rings. The SMILES string of the molecule is CCCCNc1nc(N)nc2cnn(Cc3ccc(CN4C[C@H]5CN(C)C[C@H]5C4)cc3OC)c12. The van der Waals surface area contributed by atoms with Crippen LogP contribution in [0.25, 0.3) is 11.0 Å². The first kappa shape index (κ1) is 22.9. The minimum atomic E-state index is 0.255. The highest BCUT2D eigenvalue weighted by molar-refractivity contribution is 5.86. The van der Waals surface area contributed by atoms with Crippen molar-refractivity contribution in [3.63, 3.8) is 0 Å². The van der Waals surface area contributed by atoms with E-state index in [0.717, 1.165) is 65.9 Å². The highest BCUT2D eigenvalue weighted by Gasteiger charge is 2.38. The van der Waals surface area contributed by atoms with Crippen molar-refractivity contribution in [3.8, 4) is 5.75 Å². The van der Waals surface area contributed by atoms with Crippen LogP contribution in [0.4, 0.5) is 11.8 Å². The maximum atomic E-state index is 5.93. The number of aromatic nitrogens is 4. The third-order valence-corrected chi connectivity index (χ3v) is 7.15. The Hall–Kier alpha value is -2.91. The number of hydrogen-bond donors (Lipinski definition) is 2. The van der Waals surface area contributed by atoms with Crippen molar-refractivity contribution in [3.05, 3.63) is 35.5 Å². The van der Waals surface area contributed by atoms with Gasteiger partial charge in [-0.05, 0) is 36.9 Å². The maximum absolute atomic E-state index is 5.93. The van der Waals surface area contributed by atoms with Crippen LogP contribution in [0.1, 0.15) is 30.9 Å². The number of unbranched alkanes of at least 4 members (excludes halogenated alkanes) is 1. The zero-order valence-electron chi connectivity index (χ0n) is 20.5. The van der Waals surface area contributed by atoms with Crippen molar-refractivity contribution in [2.45, 2.75) is 32.9 Å². The summed E-state index contributed by atoms with van der Waals surface area (Å²) in [6, 6.07) is 6.56. The lowest BCUT2D eigenvalue weighted by Gasteiger charge is -2.20. The fourth-order valence-electron chi connectivity index (χ4n) is 5.53. The van der Waals surface area contributed by atoms with E-state index in [1.807, 2.05) is 4.68 Å². The second-order valence-corrected chi connectivity index (χ2v) is 9.83. The van der Waals surface area contributed by atoms with Gasteiger partial charge in [0.2, 0.25) is 5.95 Å². The van der Waals surface area contributed by atoms with Crippen molar-refractivity contribution in [2.24, 2.45) is 11.8 Å². The van der Waals surface area contributed by atoms with Crippen molar-refractivity contribution < 1.29 is 4.74 Å². The number of benzene rings is 1. The van der Waals surface area contributed by atoms with Crippen LogP contribution in [0.5, 0.6) is 5.75 Å². The first-order valence-corrected chi connectivity index (χ1v) is 12.3. The lowest BCUT2D eigenvalue weighted by Crippen LogP contribution is -2.26. The second kappa shape index (κ2) is 9.76. The normalized spacial score (nSPS) is 20.8. The lowest BCUT2D eigenvalue weighted by molar-refractivity contribution is 0.272. The fourth-order valence-corrected chi connectivity index (χ4v) is 5.53. The Bertz CT molecular complexity index is 1130. The topological polar surface area (TPSA) is 97.4 Å². The summed E-state index contributed by atoms with van der Waals surface area (Å²) in [6.45, 7) is 9.38. The summed E-state index contributed by atoms with van der Waals surface area (Å²) >= 11 is 0. The van der Waals surface area contributed by atoms with Crippen LogP contribution in [0.15, 0.2) is 24.4 Å². The van der Waals surface area contributed by atoms with Crippen molar-refractivity contribution in [2.75, 3.05) is 57.9 Å². The summed E-state index contributed by atoms with van der Waals surface area (Å²) in [7, 11) is 3.97. The van der Waals surface area contributed by atoms with Gasteiger partial charge in [0.25, 0.3) is 0 Å². The molecule has 0 saturated carbocycles. The molecule has 0 aliphatic carbocycles. The molecule has 2 saturated heterocycles. The molecule has 1 aromatic carbocycles. The van der Waals surface area contributed by atoms with Gasteiger partial charge in [-0.3, -0.25) is 9.58 Å². The number of ether oxygens (including phenoxy) is 1. The zero-order valence-corrected chi connectivity index (χ0v) is 20.5. The maximum Gasteiger partial charge on any atom is 0.222 e. The van der Waals surface area contributed by atoms with E-state index in [1.54, 1.807) is 13.3 Å². The summed E-state index contributed by atoms with van der Waals surface area (Å²) < 4.78 is 7.72. The number of nitrogen functional groups attached to an aromatic ring is 1. The molecule has 3 aromatic rings. The molecule has 9 nitrogen and oxygen atoms in total. The quantitative estimate of drug-likeness (QED) is 0.467. The van der Waals surface area contributed by atoms with Gasteiger partial charge in [0.15, 0.2) is 5.82 Å². The Morgan fingerprint density at radius 2 is 1.91 bits per heavy atom. The monoisotopic (exact) mass is 464 g/mol. The number of rotatable bonds is 9. The van der Waals surface area contributed by atoms with E-state index in [9.17, 15) is 0 Å². The van der Waals surface area contributed by atoms with Crippen LogP contribution < -0.4 is 15.8 Å². The molecular formula is C25H36N8O. The van der Waals surface area contributed by atoms with Crippen LogP contribution in [0, 0.1) is 11.8 Å². The van der Waals surface area contributed by atoms with Crippen LogP contribution in [-0.2, 0) is 13.1 Å². The molecule has 2 aromatic heterocycles. The molecule has 2 atom stereocenters. The Morgan fingerprint density at radius 3 is 2.65 bits per heavy atom. The van der Waals surface area contributed by atoms with Crippen LogP contribution in [0.2, 0.25) is 0 Å². The summed E-state index contributed by atoms with van der Waals surface area (Å²) in [6.07, 6.45) is 3.92. The highest BCUT2D eigenvalue weighted by Crippen LogP contribution is 2.32. The molecule has 0 radical (unpaired) electrons. The fraction of sp³-hybridized carbons (Fsp3) is 0.560. The molecule has 0 spiro atoms. The molecule has 3 N–H and O–H groups in total. The van der Waals surface area contributed by atoms with Crippen LogP contribution >= 0.6 is 0 Å². The highest BCUT2D eigenvalue weighted by atomic mass is 16.5. The van der Waals surface area contributed by atoms with Gasteiger partial charge in [0.1, 0.15) is 16.8 Å². The summed E-state index contributed by atoms with van der Waals surface area (Å²) in [4.78, 5) is 13.9. The minimum absolute atomic E-state index is 0.255. The molecule has 2 fully saturated rings. The average molecular weight is 465 g/mol. The molecule has 0 bridgehead atoms. The molecule has 0 amide bonds. The second-order valence-electron chi connectivity index (χ2n) is 9.83.